The van der Waals surface area contributed by atoms with E-state index in [-0.39, 0.29) is 23.1 Å². The lowest BCUT2D eigenvalue weighted by molar-refractivity contribution is -0.127. The van der Waals surface area contributed by atoms with Gasteiger partial charge in [0, 0.05) is 23.6 Å². The van der Waals surface area contributed by atoms with Crippen LogP contribution in [0.4, 0.5) is 0 Å². The maximum atomic E-state index is 12.2. The van der Waals surface area contributed by atoms with Gasteiger partial charge in [-0.15, -0.1) is 0 Å². The number of amides is 1. The van der Waals surface area contributed by atoms with Crippen LogP contribution in [-0.4, -0.2) is 41.7 Å². The van der Waals surface area contributed by atoms with Gasteiger partial charge in [-0.05, 0) is 52.8 Å². The number of nitrogens with one attached hydrogen (secondary N) is 1. The minimum absolute atomic E-state index is 0.0874. The quantitative estimate of drug-likeness (QED) is 0.895. The van der Waals surface area contributed by atoms with Crippen LogP contribution in [-0.2, 0) is 11.3 Å². The van der Waals surface area contributed by atoms with Crippen molar-refractivity contribution >= 4 is 5.91 Å². The molecule has 0 bridgehead atoms. The second kappa shape index (κ2) is 7.21. The van der Waals surface area contributed by atoms with Gasteiger partial charge in [0.05, 0.1) is 7.11 Å². The molecule has 0 saturated carbocycles. The van der Waals surface area contributed by atoms with Crippen molar-refractivity contribution in [1.82, 2.24) is 10.2 Å². The van der Waals surface area contributed by atoms with E-state index in [2.05, 4.69) is 10.2 Å². The Bertz CT molecular complexity index is 544. The molecule has 0 aliphatic carbocycles. The van der Waals surface area contributed by atoms with Crippen LogP contribution in [0.15, 0.2) is 18.2 Å². The number of likely N-dealkylation sites (tertiary alicyclic amines) is 1. The van der Waals surface area contributed by atoms with Crippen molar-refractivity contribution in [3.05, 3.63) is 23.8 Å². The normalized spacial score (nSPS) is 17.0. The predicted molar refractivity (Wildman–Crippen MR) is 90.6 cm³/mol. The second-order valence-corrected chi connectivity index (χ2v) is 7.26. The molecule has 23 heavy (non-hydrogen) atoms. The van der Waals surface area contributed by atoms with Gasteiger partial charge >= 0.3 is 0 Å². The van der Waals surface area contributed by atoms with E-state index < -0.39 is 0 Å². The van der Waals surface area contributed by atoms with Crippen LogP contribution in [0.5, 0.6) is 11.5 Å². The molecule has 0 aromatic heterocycles. The first-order chi connectivity index (χ1) is 10.8. The lowest BCUT2D eigenvalue weighted by Crippen LogP contribution is -2.46. The maximum Gasteiger partial charge on any atom is 0.223 e. The summed E-state index contributed by atoms with van der Waals surface area (Å²) in [6.07, 6.45) is 1.71. The standard InChI is InChI=1S/C18H28N2O3/c1-18(2,3)19-17(22)13-8-10-20(11-9-13)12-14-6-5-7-15(23-4)16(14)21/h5-7,13,21H,8-12H2,1-4H3,(H,19,22). The van der Waals surface area contributed by atoms with E-state index in [0.29, 0.717) is 12.3 Å². The molecule has 5 heteroatoms. The van der Waals surface area contributed by atoms with Gasteiger partial charge in [0.1, 0.15) is 0 Å². The van der Waals surface area contributed by atoms with Crippen molar-refractivity contribution in [3.8, 4) is 11.5 Å². The summed E-state index contributed by atoms with van der Waals surface area (Å²) in [5, 5.41) is 13.2. The first-order valence-corrected chi connectivity index (χ1v) is 8.19. The Balaban J connectivity index is 1.89. The zero-order valence-electron chi connectivity index (χ0n) is 14.6. The molecule has 1 aromatic rings. The number of phenolic OH excluding ortho intramolecular Hbond substituents is 1. The monoisotopic (exact) mass is 320 g/mol. The number of nitrogens with zero attached hydrogens (tertiary/aromatic N) is 1. The van der Waals surface area contributed by atoms with Crippen LogP contribution < -0.4 is 10.1 Å². The molecule has 0 radical (unpaired) electrons. The van der Waals surface area contributed by atoms with Crippen LogP contribution in [0.25, 0.3) is 0 Å². The third kappa shape index (κ3) is 4.86. The molecular weight excluding hydrogens is 292 g/mol. The summed E-state index contributed by atoms with van der Waals surface area (Å²) in [6, 6.07) is 5.55. The molecule has 1 aromatic carbocycles. The van der Waals surface area contributed by atoms with Crippen molar-refractivity contribution in [2.45, 2.75) is 45.7 Å². The molecule has 0 atom stereocenters. The van der Waals surface area contributed by atoms with Crippen LogP contribution in [0.3, 0.4) is 0 Å². The molecule has 1 aliphatic rings. The maximum absolute atomic E-state index is 12.2. The van der Waals surface area contributed by atoms with Crippen LogP contribution in [0, 0.1) is 5.92 Å². The third-order valence-corrected chi connectivity index (χ3v) is 4.15. The summed E-state index contributed by atoms with van der Waals surface area (Å²) in [4.78, 5) is 14.5. The minimum Gasteiger partial charge on any atom is -0.504 e. The molecule has 1 fully saturated rings. The Hall–Kier alpha value is -1.75. The fourth-order valence-electron chi connectivity index (χ4n) is 2.93. The van der Waals surface area contributed by atoms with E-state index in [1.54, 1.807) is 13.2 Å². The van der Waals surface area contributed by atoms with Crippen LogP contribution in [0.2, 0.25) is 0 Å². The predicted octanol–water partition coefficient (Wildman–Crippen LogP) is 2.53. The summed E-state index contributed by atoms with van der Waals surface area (Å²) in [6.45, 7) is 8.41. The number of carbonyl (C=O) groups is 1. The van der Waals surface area contributed by atoms with Gasteiger partial charge < -0.3 is 15.2 Å². The number of hydrogen-bond donors (Lipinski definition) is 2. The van der Waals surface area contributed by atoms with Crippen molar-refractivity contribution in [1.29, 1.82) is 0 Å². The summed E-state index contributed by atoms with van der Waals surface area (Å²) in [7, 11) is 1.55. The largest absolute Gasteiger partial charge is 0.504 e. The molecule has 128 valence electrons. The Morgan fingerprint density at radius 2 is 2.00 bits per heavy atom. The number of phenols is 1. The number of rotatable bonds is 4. The van der Waals surface area contributed by atoms with E-state index >= 15 is 0 Å². The number of carbonyl (C=O) groups excluding carboxylic acids is 1. The van der Waals surface area contributed by atoms with E-state index in [0.717, 1.165) is 31.5 Å². The van der Waals surface area contributed by atoms with E-state index in [1.807, 2.05) is 32.9 Å². The highest BCUT2D eigenvalue weighted by Crippen LogP contribution is 2.31. The number of aromatic hydroxyl groups is 1. The summed E-state index contributed by atoms with van der Waals surface area (Å²) in [5.41, 5.74) is 0.683. The molecule has 5 nitrogen and oxygen atoms in total. The zero-order chi connectivity index (χ0) is 17.0. The molecule has 1 amide bonds. The lowest BCUT2D eigenvalue weighted by Gasteiger charge is -2.33. The van der Waals surface area contributed by atoms with E-state index in [4.69, 9.17) is 4.74 Å². The number of para-hydroxylation sites is 1. The highest BCUT2D eigenvalue weighted by Gasteiger charge is 2.27. The fourth-order valence-corrected chi connectivity index (χ4v) is 2.93. The van der Waals surface area contributed by atoms with Gasteiger partial charge in [0.25, 0.3) is 0 Å². The molecule has 1 aliphatic heterocycles. The van der Waals surface area contributed by atoms with Gasteiger partial charge in [0.15, 0.2) is 11.5 Å². The number of piperidine rings is 1. The molecule has 2 N–H and O–H groups in total. The Morgan fingerprint density at radius 3 is 2.57 bits per heavy atom. The summed E-state index contributed by atoms with van der Waals surface area (Å²) < 4.78 is 5.15. The molecule has 0 spiro atoms. The smallest absolute Gasteiger partial charge is 0.223 e. The molecular formula is C18H28N2O3. The average molecular weight is 320 g/mol. The van der Waals surface area contributed by atoms with Gasteiger partial charge in [-0.3, -0.25) is 9.69 Å². The summed E-state index contributed by atoms with van der Waals surface area (Å²) in [5.74, 6) is 0.954. The first-order valence-electron chi connectivity index (χ1n) is 8.19. The average Bonchev–Trinajstić information content (AvgIpc) is 2.48. The molecule has 2 rings (SSSR count). The van der Waals surface area contributed by atoms with Crippen LogP contribution >= 0.6 is 0 Å². The Kier molecular flexibility index (Phi) is 5.52. The molecule has 1 saturated heterocycles. The van der Waals surface area contributed by atoms with E-state index in [1.165, 1.54) is 0 Å². The highest BCUT2D eigenvalue weighted by atomic mass is 16.5. The lowest BCUT2D eigenvalue weighted by atomic mass is 9.94. The van der Waals surface area contributed by atoms with Gasteiger partial charge in [-0.1, -0.05) is 12.1 Å². The number of ether oxygens (including phenoxy) is 1. The first kappa shape index (κ1) is 17.6. The second-order valence-electron chi connectivity index (χ2n) is 7.26. The third-order valence-electron chi connectivity index (χ3n) is 4.15. The highest BCUT2D eigenvalue weighted by molar-refractivity contribution is 5.79. The SMILES string of the molecule is COc1cccc(CN2CCC(C(=O)NC(C)(C)C)CC2)c1O. The topological polar surface area (TPSA) is 61.8 Å². The van der Waals surface area contributed by atoms with Crippen molar-refractivity contribution in [3.63, 3.8) is 0 Å². The van der Waals surface area contributed by atoms with Gasteiger partial charge in [-0.25, -0.2) is 0 Å². The minimum atomic E-state index is -0.180. The van der Waals surface area contributed by atoms with Crippen LogP contribution in [0.1, 0.15) is 39.2 Å². The number of methoxy groups -OCH3 is 1. The molecule has 1 heterocycles. The Labute approximate surface area is 138 Å². The van der Waals surface area contributed by atoms with Crippen molar-refractivity contribution < 1.29 is 14.6 Å². The van der Waals surface area contributed by atoms with E-state index in [9.17, 15) is 9.90 Å². The number of hydrogen-bond acceptors (Lipinski definition) is 4. The molecule has 0 unspecified atom stereocenters. The van der Waals surface area contributed by atoms with Crippen molar-refractivity contribution in [2.24, 2.45) is 5.92 Å². The van der Waals surface area contributed by atoms with Gasteiger partial charge in [0.2, 0.25) is 5.91 Å². The van der Waals surface area contributed by atoms with Crippen molar-refractivity contribution in [2.75, 3.05) is 20.2 Å². The number of benzene rings is 1. The van der Waals surface area contributed by atoms with Gasteiger partial charge in [-0.2, -0.15) is 0 Å². The Morgan fingerprint density at radius 1 is 1.35 bits per heavy atom. The fraction of sp³-hybridized carbons (Fsp3) is 0.611. The zero-order valence-corrected chi connectivity index (χ0v) is 14.6. The summed E-state index contributed by atoms with van der Waals surface area (Å²) >= 11 is 0.